The number of carbonyl (C=O) groups is 2. The van der Waals surface area contributed by atoms with E-state index in [1.165, 1.54) is 0 Å². The molecule has 0 radical (unpaired) electrons. The molecule has 0 fully saturated rings. The number of benzene rings is 2. The van der Waals surface area contributed by atoms with E-state index >= 15 is 0 Å². The summed E-state index contributed by atoms with van der Waals surface area (Å²) in [5.41, 5.74) is 0.291. The van der Waals surface area contributed by atoms with Gasteiger partial charge >= 0.3 is 0 Å². The summed E-state index contributed by atoms with van der Waals surface area (Å²) < 4.78 is 27.3. The Balaban J connectivity index is 1.85. The van der Waals surface area contributed by atoms with Gasteiger partial charge in [-0.25, -0.2) is 12.7 Å². The van der Waals surface area contributed by atoms with Crippen LogP contribution in [0.4, 0.5) is 0 Å². The van der Waals surface area contributed by atoms with E-state index in [9.17, 15) is 18.0 Å². The largest absolute Gasteiger partial charge is 0.370 e. The van der Waals surface area contributed by atoms with Crippen molar-refractivity contribution in [1.82, 2.24) is 14.9 Å². The summed E-state index contributed by atoms with van der Waals surface area (Å²) in [4.78, 5) is 25.2. The van der Waals surface area contributed by atoms with Crippen molar-refractivity contribution < 1.29 is 18.0 Å². The van der Waals surface area contributed by atoms with Gasteiger partial charge in [0.05, 0.1) is 12.1 Å². The first-order valence-corrected chi connectivity index (χ1v) is 11.0. The molecule has 158 valence electrons. The molecule has 0 bridgehead atoms. The lowest BCUT2D eigenvalue weighted by Crippen LogP contribution is -2.47. The van der Waals surface area contributed by atoms with Crippen LogP contribution in [-0.2, 0) is 26.2 Å². The van der Waals surface area contributed by atoms with Crippen LogP contribution in [-0.4, -0.2) is 36.6 Å². The van der Waals surface area contributed by atoms with Gasteiger partial charge in [0.1, 0.15) is 10.6 Å². The highest BCUT2D eigenvalue weighted by atomic mass is 32.2. The molecule has 0 unspecified atom stereocenters. The Labute approximate surface area is 176 Å². The van der Waals surface area contributed by atoms with Crippen LogP contribution < -0.4 is 10.6 Å². The summed E-state index contributed by atoms with van der Waals surface area (Å²) in [5, 5.41) is 5.53. The summed E-state index contributed by atoms with van der Waals surface area (Å²) in [7, 11) is -4.07. The SMILES string of the molecule is CC(C)(C)N1C(=O)C(NCC(=O)NCc2ccccc2)=C(c2ccccc2)S1(=O)=O. The minimum atomic E-state index is -4.07. The molecular formula is C22H25N3O4S. The van der Waals surface area contributed by atoms with E-state index in [0.717, 1.165) is 9.87 Å². The van der Waals surface area contributed by atoms with Gasteiger partial charge in [-0.05, 0) is 31.9 Å². The Hall–Kier alpha value is -3.13. The van der Waals surface area contributed by atoms with E-state index in [-0.39, 0.29) is 23.1 Å². The third kappa shape index (κ3) is 4.38. The van der Waals surface area contributed by atoms with Gasteiger partial charge in [0.15, 0.2) is 0 Å². The van der Waals surface area contributed by atoms with Crippen LogP contribution in [0, 0.1) is 0 Å². The summed E-state index contributed by atoms with van der Waals surface area (Å²) >= 11 is 0. The third-order valence-corrected chi connectivity index (χ3v) is 6.68. The fourth-order valence-corrected chi connectivity index (χ4v) is 5.32. The van der Waals surface area contributed by atoms with Crippen molar-refractivity contribution in [3.8, 4) is 0 Å². The smallest absolute Gasteiger partial charge is 0.285 e. The third-order valence-electron chi connectivity index (χ3n) is 4.53. The number of hydrogen-bond donors (Lipinski definition) is 2. The van der Waals surface area contributed by atoms with Crippen molar-refractivity contribution in [2.24, 2.45) is 0 Å². The van der Waals surface area contributed by atoms with Crippen molar-refractivity contribution in [2.45, 2.75) is 32.9 Å². The fourth-order valence-electron chi connectivity index (χ4n) is 3.26. The molecule has 0 atom stereocenters. The summed E-state index contributed by atoms with van der Waals surface area (Å²) in [6.45, 7) is 5.08. The van der Waals surface area contributed by atoms with Gasteiger partial charge in [0.2, 0.25) is 5.91 Å². The van der Waals surface area contributed by atoms with E-state index in [1.807, 2.05) is 30.3 Å². The Kier molecular flexibility index (Phi) is 5.98. The Morgan fingerprint density at radius 1 is 0.967 bits per heavy atom. The van der Waals surface area contributed by atoms with Crippen molar-refractivity contribution >= 4 is 26.7 Å². The summed E-state index contributed by atoms with van der Waals surface area (Å²) in [6, 6.07) is 17.8. The summed E-state index contributed by atoms with van der Waals surface area (Å²) in [6.07, 6.45) is 0. The minimum absolute atomic E-state index is 0.0917. The van der Waals surface area contributed by atoms with E-state index in [4.69, 9.17) is 0 Å². The number of nitrogens with zero attached hydrogens (tertiary/aromatic N) is 1. The van der Waals surface area contributed by atoms with Crippen molar-refractivity contribution in [3.63, 3.8) is 0 Å². The molecule has 2 N–H and O–H groups in total. The number of nitrogens with one attached hydrogen (secondary N) is 2. The molecule has 3 rings (SSSR count). The molecule has 0 saturated carbocycles. The highest BCUT2D eigenvalue weighted by Crippen LogP contribution is 2.38. The molecular weight excluding hydrogens is 402 g/mol. The topological polar surface area (TPSA) is 95.6 Å². The minimum Gasteiger partial charge on any atom is -0.370 e. The average molecular weight is 428 g/mol. The van der Waals surface area contributed by atoms with Crippen molar-refractivity contribution in [3.05, 3.63) is 77.5 Å². The highest BCUT2D eigenvalue weighted by Gasteiger charge is 2.49. The monoisotopic (exact) mass is 427 g/mol. The molecule has 2 amide bonds. The van der Waals surface area contributed by atoms with Gasteiger partial charge in [0.25, 0.3) is 15.9 Å². The van der Waals surface area contributed by atoms with Crippen LogP contribution in [0.3, 0.4) is 0 Å². The van der Waals surface area contributed by atoms with Crippen LogP contribution in [0.15, 0.2) is 66.4 Å². The number of rotatable bonds is 6. The first kappa shape index (κ1) is 21.6. The van der Waals surface area contributed by atoms with Crippen molar-refractivity contribution in [2.75, 3.05) is 6.54 Å². The molecule has 2 aromatic rings. The zero-order chi connectivity index (χ0) is 21.9. The molecule has 7 nitrogen and oxygen atoms in total. The second kappa shape index (κ2) is 8.31. The Morgan fingerprint density at radius 2 is 1.53 bits per heavy atom. The van der Waals surface area contributed by atoms with Gasteiger partial charge in [-0.1, -0.05) is 60.7 Å². The average Bonchev–Trinajstić information content (AvgIpc) is 2.90. The fraction of sp³-hybridized carbons (Fsp3) is 0.273. The molecule has 1 heterocycles. The van der Waals surface area contributed by atoms with Crippen LogP contribution >= 0.6 is 0 Å². The highest BCUT2D eigenvalue weighted by molar-refractivity contribution is 7.99. The molecule has 1 aliphatic heterocycles. The first-order valence-electron chi connectivity index (χ1n) is 9.56. The maximum atomic E-state index is 13.2. The predicted molar refractivity (Wildman–Crippen MR) is 115 cm³/mol. The van der Waals surface area contributed by atoms with Crippen LogP contribution in [0.5, 0.6) is 0 Å². The molecule has 30 heavy (non-hydrogen) atoms. The number of sulfonamides is 1. The normalized spacial score (nSPS) is 16.0. The van der Waals surface area contributed by atoms with Crippen LogP contribution in [0.2, 0.25) is 0 Å². The van der Waals surface area contributed by atoms with Crippen LogP contribution in [0.25, 0.3) is 4.91 Å². The van der Waals surface area contributed by atoms with E-state index in [1.54, 1.807) is 51.1 Å². The number of carbonyl (C=O) groups excluding carboxylic acids is 2. The Morgan fingerprint density at radius 3 is 2.10 bits per heavy atom. The summed E-state index contributed by atoms with van der Waals surface area (Å²) in [5.74, 6) is -1.02. The van der Waals surface area contributed by atoms with Crippen molar-refractivity contribution in [1.29, 1.82) is 0 Å². The standard InChI is InChI=1S/C22H25N3O4S/c1-22(2,3)25-21(27)19(20(30(25,28)29)17-12-8-5-9-13-17)24-15-18(26)23-14-16-10-6-4-7-11-16/h4-13,24H,14-15H2,1-3H3,(H,23,26). The zero-order valence-electron chi connectivity index (χ0n) is 17.2. The maximum absolute atomic E-state index is 13.2. The van der Waals surface area contributed by atoms with Crippen LogP contribution in [0.1, 0.15) is 31.9 Å². The van der Waals surface area contributed by atoms with Gasteiger partial charge in [-0.2, -0.15) is 0 Å². The lowest BCUT2D eigenvalue weighted by molar-refractivity contribution is -0.125. The zero-order valence-corrected chi connectivity index (χ0v) is 18.0. The van der Waals surface area contributed by atoms with Gasteiger partial charge in [-0.15, -0.1) is 0 Å². The molecule has 0 spiro atoms. The van der Waals surface area contributed by atoms with E-state index in [2.05, 4.69) is 10.6 Å². The molecule has 1 aliphatic rings. The predicted octanol–water partition coefficient (Wildman–Crippen LogP) is 2.23. The second-order valence-electron chi connectivity index (χ2n) is 7.93. The van der Waals surface area contributed by atoms with Gasteiger partial charge in [-0.3, -0.25) is 9.59 Å². The Bertz CT molecular complexity index is 1070. The lowest BCUT2D eigenvalue weighted by atomic mass is 10.1. The van der Waals surface area contributed by atoms with E-state index in [0.29, 0.717) is 12.1 Å². The number of amides is 2. The molecule has 0 saturated heterocycles. The molecule has 0 aromatic heterocycles. The first-order chi connectivity index (χ1) is 14.1. The number of hydrogen-bond acceptors (Lipinski definition) is 5. The second-order valence-corrected chi connectivity index (χ2v) is 9.65. The molecule has 8 heteroatoms. The van der Waals surface area contributed by atoms with Gasteiger partial charge in [0, 0.05) is 6.54 Å². The molecule has 0 aliphatic carbocycles. The van der Waals surface area contributed by atoms with Gasteiger partial charge < -0.3 is 10.6 Å². The van der Waals surface area contributed by atoms with E-state index < -0.39 is 21.5 Å². The quantitative estimate of drug-likeness (QED) is 0.737. The maximum Gasteiger partial charge on any atom is 0.285 e. The molecule has 2 aromatic carbocycles. The lowest BCUT2D eigenvalue weighted by Gasteiger charge is -2.30.